The molecule has 2 nitrogen and oxygen atoms in total. The zero-order valence-corrected chi connectivity index (χ0v) is 4.31. The van der Waals surface area contributed by atoms with Crippen LogP contribution in [0.3, 0.4) is 0 Å². The van der Waals surface area contributed by atoms with Crippen LogP contribution in [0.2, 0.25) is 0 Å². The maximum absolute atomic E-state index is 10.2. The first kappa shape index (κ1) is 4.46. The Bertz CT molecular complexity index is 177. The van der Waals surface area contributed by atoms with Gasteiger partial charge in [0.1, 0.15) is 0 Å². The summed E-state index contributed by atoms with van der Waals surface area (Å²) in [7, 11) is 0. The highest BCUT2D eigenvalue weighted by molar-refractivity contribution is 7.07. The van der Waals surface area contributed by atoms with Gasteiger partial charge in [0, 0.05) is 11.6 Å². The summed E-state index contributed by atoms with van der Waals surface area (Å²) in [5, 5.41) is 1.66. The Hall–Kier alpha value is -0.700. The van der Waals surface area contributed by atoms with Gasteiger partial charge in [0.2, 0.25) is 0 Å². The fraction of sp³-hybridized carbons (Fsp3) is 0. The summed E-state index contributed by atoms with van der Waals surface area (Å²) in [6.45, 7) is 0. The molecule has 0 spiro atoms. The summed E-state index contributed by atoms with van der Waals surface area (Å²) >= 11 is 1.15. The molecule has 7 heavy (non-hydrogen) atoms. The normalized spacial score (nSPS) is 8.57. The average Bonchev–Trinajstić information content (AvgIpc) is 1.69. The standard InChI is InChI=1S/C4H3NOS/c6-4-3-5-1-2-7-4/h1-3H. The maximum Gasteiger partial charge on any atom is 0.250 e. The van der Waals surface area contributed by atoms with E-state index in [0.717, 1.165) is 11.3 Å². The van der Waals surface area contributed by atoms with Crippen LogP contribution >= 0.6 is 11.3 Å². The fourth-order valence-corrected chi connectivity index (χ4v) is 0.654. The lowest BCUT2D eigenvalue weighted by Crippen LogP contribution is -1.88. The van der Waals surface area contributed by atoms with Gasteiger partial charge in [0.15, 0.2) is 0 Å². The van der Waals surface area contributed by atoms with Crippen molar-refractivity contribution < 1.29 is 0 Å². The lowest BCUT2D eigenvalue weighted by molar-refractivity contribution is 1.34. The molecule has 0 atom stereocenters. The zero-order chi connectivity index (χ0) is 5.11. The molecule has 1 aromatic rings. The van der Waals surface area contributed by atoms with E-state index in [9.17, 15) is 4.79 Å². The molecule has 0 aliphatic carbocycles. The van der Waals surface area contributed by atoms with Crippen molar-refractivity contribution in [3.05, 3.63) is 27.3 Å². The van der Waals surface area contributed by atoms with E-state index in [-0.39, 0.29) is 4.74 Å². The predicted molar refractivity (Wildman–Crippen MR) is 28.4 cm³/mol. The Morgan fingerprint density at radius 1 is 1.71 bits per heavy atom. The Kier molecular flexibility index (Phi) is 1.17. The van der Waals surface area contributed by atoms with Gasteiger partial charge >= 0.3 is 0 Å². The topological polar surface area (TPSA) is 30.0 Å². The first-order chi connectivity index (χ1) is 3.39. The van der Waals surface area contributed by atoms with Gasteiger partial charge in [-0.15, -0.1) is 0 Å². The largest absolute Gasteiger partial charge is 0.276 e. The number of rotatable bonds is 0. The Labute approximate surface area is 44.5 Å². The third-order valence-electron chi connectivity index (χ3n) is 0.511. The predicted octanol–water partition coefficient (Wildman–Crippen LogP) is 0.503. The molecule has 3 heteroatoms. The van der Waals surface area contributed by atoms with Crippen LogP contribution in [-0.2, 0) is 0 Å². The van der Waals surface area contributed by atoms with Gasteiger partial charge in [-0.3, -0.25) is 9.78 Å². The van der Waals surface area contributed by atoms with Gasteiger partial charge in [-0.1, -0.05) is 11.3 Å². The van der Waals surface area contributed by atoms with Crippen LogP contribution in [-0.4, -0.2) is 4.98 Å². The van der Waals surface area contributed by atoms with Crippen molar-refractivity contribution in [3.63, 3.8) is 0 Å². The molecule has 1 aromatic heterocycles. The Morgan fingerprint density at radius 3 is 2.86 bits per heavy atom. The summed E-state index contributed by atoms with van der Waals surface area (Å²) in [5.74, 6) is 0. The Balaban J connectivity index is 3.28. The number of hydrogen-bond acceptors (Lipinski definition) is 3. The molecule has 0 saturated heterocycles. The van der Waals surface area contributed by atoms with Crippen LogP contribution < -0.4 is 4.74 Å². The van der Waals surface area contributed by atoms with Crippen LogP contribution in [0, 0.1) is 0 Å². The molecule has 0 bridgehead atoms. The van der Waals surface area contributed by atoms with Crippen molar-refractivity contribution in [1.29, 1.82) is 0 Å². The van der Waals surface area contributed by atoms with Crippen LogP contribution in [0.4, 0.5) is 0 Å². The van der Waals surface area contributed by atoms with E-state index in [1.807, 2.05) is 0 Å². The second kappa shape index (κ2) is 1.84. The summed E-state index contributed by atoms with van der Waals surface area (Å²) in [5.41, 5.74) is 0. The van der Waals surface area contributed by atoms with Gasteiger partial charge < -0.3 is 0 Å². The molecule has 0 unspecified atom stereocenters. The minimum absolute atomic E-state index is 0.00231. The van der Waals surface area contributed by atoms with Crippen molar-refractivity contribution in [2.75, 3.05) is 0 Å². The fourth-order valence-electron chi connectivity index (χ4n) is 0.267. The highest BCUT2D eigenvalue weighted by atomic mass is 32.1. The molecular formula is C4H3NOS. The van der Waals surface area contributed by atoms with Gasteiger partial charge in [-0.25, -0.2) is 0 Å². The van der Waals surface area contributed by atoms with E-state index in [0.29, 0.717) is 0 Å². The molecule has 0 N–H and O–H groups in total. The van der Waals surface area contributed by atoms with Crippen LogP contribution in [0.15, 0.2) is 22.6 Å². The van der Waals surface area contributed by atoms with Crippen LogP contribution in [0.1, 0.15) is 0 Å². The molecule has 1 rings (SSSR count). The third-order valence-corrected chi connectivity index (χ3v) is 1.11. The lowest BCUT2D eigenvalue weighted by atomic mass is 10.9. The first-order valence-electron chi connectivity index (χ1n) is 1.78. The van der Waals surface area contributed by atoms with Gasteiger partial charge in [0.05, 0.1) is 6.20 Å². The van der Waals surface area contributed by atoms with E-state index in [1.165, 1.54) is 6.20 Å². The summed E-state index contributed by atoms with van der Waals surface area (Å²) in [6.07, 6.45) is 2.89. The second-order valence-corrected chi connectivity index (χ2v) is 1.91. The molecule has 0 aromatic carbocycles. The quantitative estimate of drug-likeness (QED) is 0.490. The molecule has 0 fully saturated rings. The van der Waals surface area contributed by atoms with Gasteiger partial charge in [0.25, 0.3) is 4.74 Å². The maximum atomic E-state index is 10.2. The monoisotopic (exact) mass is 113 g/mol. The molecule has 0 amide bonds. The SMILES string of the molecule is O=c1cnccs1. The number of aromatic nitrogens is 1. The van der Waals surface area contributed by atoms with Crippen molar-refractivity contribution in [2.45, 2.75) is 0 Å². The number of hydrogen-bond donors (Lipinski definition) is 0. The van der Waals surface area contributed by atoms with Crippen molar-refractivity contribution in [3.8, 4) is 0 Å². The van der Waals surface area contributed by atoms with E-state index in [2.05, 4.69) is 4.98 Å². The van der Waals surface area contributed by atoms with Crippen molar-refractivity contribution in [2.24, 2.45) is 0 Å². The number of nitrogens with zero attached hydrogens (tertiary/aromatic N) is 1. The zero-order valence-electron chi connectivity index (χ0n) is 3.50. The van der Waals surface area contributed by atoms with Crippen LogP contribution in [0.5, 0.6) is 0 Å². The molecule has 0 radical (unpaired) electrons. The summed E-state index contributed by atoms with van der Waals surface area (Å²) < 4.78 is 0.00231. The third kappa shape index (κ3) is 1.08. The highest BCUT2D eigenvalue weighted by Crippen LogP contribution is 1.77. The minimum Gasteiger partial charge on any atom is -0.276 e. The van der Waals surface area contributed by atoms with Crippen LogP contribution in [0.25, 0.3) is 0 Å². The molecule has 1 heterocycles. The van der Waals surface area contributed by atoms with E-state index < -0.39 is 0 Å². The molecular weight excluding hydrogens is 110 g/mol. The Morgan fingerprint density at radius 2 is 2.57 bits per heavy atom. The van der Waals surface area contributed by atoms with Gasteiger partial charge in [-0.2, -0.15) is 0 Å². The smallest absolute Gasteiger partial charge is 0.250 e. The average molecular weight is 113 g/mol. The molecule has 0 aliphatic heterocycles. The lowest BCUT2D eigenvalue weighted by Gasteiger charge is -1.69. The molecule has 0 saturated carbocycles. The van der Waals surface area contributed by atoms with Crippen molar-refractivity contribution >= 4 is 11.3 Å². The van der Waals surface area contributed by atoms with E-state index in [4.69, 9.17) is 0 Å². The highest BCUT2D eigenvalue weighted by Gasteiger charge is 1.73. The molecule has 36 valence electrons. The van der Waals surface area contributed by atoms with E-state index >= 15 is 0 Å². The van der Waals surface area contributed by atoms with Gasteiger partial charge in [-0.05, 0) is 0 Å². The van der Waals surface area contributed by atoms with Crippen molar-refractivity contribution in [1.82, 2.24) is 4.98 Å². The molecule has 0 aliphatic rings. The van der Waals surface area contributed by atoms with E-state index in [1.54, 1.807) is 11.6 Å². The summed E-state index contributed by atoms with van der Waals surface area (Å²) in [6, 6.07) is 0. The summed E-state index contributed by atoms with van der Waals surface area (Å²) in [4.78, 5) is 13.8. The minimum atomic E-state index is 0.00231. The second-order valence-electron chi connectivity index (χ2n) is 1.00. The first-order valence-corrected chi connectivity index (χ1v) is 2.66.